The first-order valence-electron chi connectivity index (χ1n) is 4.12. The second-order valence-electron chi connectivity index (χ2n) is 2.79. The summed E-state index contributed by atoms with van der Waals surface area (Å²) in [6.07, 6.45) is 0. The van der Waals surface area contributed by atoms with Gasteiger partial charge in [-0.3, -0.25) is 4.79 Å². The minimum atomic E-state index is -0.0744. The van der Waals surface area contributed by atoms with E-state index >= 15 is 0 Å². The van der Waals surface area contributed by atoms with E-state index in [9.17, 15) is 4.79 Å². The fourth-order valence-electron chi connectivity index (χ4n) is 1.02. The highest BCUT2D eigenvalue weighted by Gasteiger charge is 1.95. The number of carbonyl (C=O) groups excluding carboxylic acids is 1. The maximum Gasteiger partial charge on any atom is 0.221 e. The van der Waals surface area contributed by atoms with Crippen molar-refractivity contribution in [3.05, 3.63) is 29.8 Å². The van der Waals surface area contributed by atoms with Crippen LogP contribution in [0.4, 0.5) is 5.69 Å². The van der Waals surface area contributed by atoms with Crippen molar-refractivity contribution < 1.29 is 4.79 Å². The van der Waals surface area contributed by atoms with Gasteiger partial charge in [0.1, 0.15) is 0 Å². The average molecular weight is 206 g/mol. The number of carbonyl (C=O) groups is 1. The summed E-state index contributed by atoms with van der Waals surface area (Å²) in [5, 5.41) is 4.98. The second kappa shape index (κ2) is 5.27. The van der Waals surface area contributed by atoms with Gasteiger partial charge in [-0.1, -0.05) is 12.1 Å². The van der Waals surface area contributed by atoms with E-state index in [-0.39, 0.29) is 5.91 Å². The molecule has 0 atom stereocenters. The molecule has 0 aliphatic rings. The van der Waals surface area contributed by atoms with Crippen LogP contribution in [-0.2, 0) is 11.3 Å². The van der Waals surface area contributed by atoms with Gasteiger partial charge in [0.05, 0.1) is 11.7 Å². The minimum Gasteiger partial charge on any atom is -0.326 e. The summed E-state index contributed by atoms with van der Waals surface area (Å²) >= 11 is 4.46. The zero-order valence-corrected chi connectivity index (χ0v) is 8.60. The zero-order valence-electron chi connectivity index (χ0n) is 7.78. The Labute approximate surface area is 87.9 Å². The van der Waals surface area contributed by atoms with E-state index < -0.39 is 0 Å². The van der Waals surface area contributed by atoms with Gasteiger partial charge >= 0.3 is 0 Å². The lowest BCUT2D eigenvalue weighted by molar-refractivity contribution is -0.114. The Bertz CT molecular complexity index is 343. The molecular formula is C10H10N2OS. The number of nitrogens with one attached hydrogen (secondary N) is 1. The van der Waals surface area contributed by atoms with Crippen molar-refractivity contribution in [2.24, 2.45) is 4.99 Å². The predicted molar refractivity (Wildman–Crippen MR) is 59.5 cm³/mol. The third-order valence-electron chi connectivity index (χ3n) is 1.60. The van der Waals surface area contributed by atoms with Gasteiger partial charge in [0.25, 0.3) is 0 Å². The highest BCUT2D eigenvalue weighted by atomic mass is 32.1. The van der Waals surface area contributed by atoms with Crippen LogP contribution in [0.1, 0.15) is 12.5 Å². The molecule has 0 bridgehead atoms. The fraction of sp³-hybridized carbons (Fsp3) is 0.200. The molecule has 1 aromatic rings. The molecule has 1 N–H and O–H groups in total. The maximum absolute atomic E-state index is 10.7. The summed E-state index contributed by atoms with van der Waals surface area (Å²) in [7, 11) is 0. The van der Waals surface area contributed by atoms with Gasteiger partial charge in [-0.05, 0) is 29.9 Å². The topological polar surface area (TPSA) is 41.5 Å². The van der Waals surface area contributed by atoms with Crippen LogP contribution in [-0.4, -0.2) is 11.1 Å². The first-order valence-corrected chi connectivity index (χ1v) is 4.53. The van der Waals surface area contributed by atoms with E-state index in [4.69, 9.17) is 0 Å². The van der Waals surface area contributed by atoms with E-state index in [1.54, 1.807) is 0 Å². The van der Waals surface area contributed by atoms with Crippen molar-refractivity contribution in [3.63, 3.8) is 0 Å². The molecule has 0 saturated carbocycles. The number of nitrogens with zero attached hydrogens (tertiary/aromatic N) is 1. The number of hydrogen-bond acceptors (Lipinski definition) is 3. The average Bonchev–Trinajstić information content (AvgIpc) is 2.16. The second-order valence-corrected chi connectivity index (χ2v) is 2.97. The lowest BCUT2D eigenvalue weighted by atomic mass is 10.2. The molecular weight excluding hydrogens is 196 g/mol. The maximum atomic E-state index is 10.7. The van der Waals surface area contributed by atoms with Crippen molar-refractivity contribution in [3.8, 4) is 0 Å². The van der Waals surface area contributed by atoms with Crippen LogP contribution in [0.2, 0.25) is 0 Å². The molecule has 0 saturated heterocycles. The van der Waals surface area contributed by atoms with E-state index in [2.05, 4.69) is 27.7 Å². The van der Waals surface area contributed by atoms with Crippen LogP contribution < -0.4 is 5.32 Å². The fourth-order valence-corrected chi connectivity index (χ4v) is 1.08. The first-order chi connectivity index (χ1) is 6.72. The molecule has 1 amide bonds. The Balaban J connectivity index is 2.68. The summed E-state index contributed by atoms with van der Waals surface area (Å²) in [5.41, 5.74) is 1.82. The number of amides is 1. The number of aliphatic imine (C=N–C) groups is 1. The molecule has 0 fully saturated rings. The summed E-state index contributed by atoms with van der Waals surface area (Å²) in [6.45, 7) is 2.01. The summed E-state index contributed by atoms with van der Waals surface area (Å²) in [6, 6.07) is 7.44. The largest absolute Gasteiger partial charge is 0.326 e. The minimum absolute atomic E-state index is 0.0744. The lowest BCUT2D eigenvalue weighted by Crippen LogP contribution is -2.05. The summed E-state index contributed by atoms with van der Waals surface area (Å²) in [4.78, 5) is 14.5. The van der Waals surface area contributed by atoms with Gasteiger partial charge < -0.3 is 5.32 Å². The summed E-state index contributed by atoms with van der Waals surface area (Å²) in [5.74, 6) is -0.0744. The molecule has 4 heteroatoms. The van der Waals surface area contributed by atoms with Gasteiger partial charge in [0.2, 0.25) is 5.91 Å². The van der Waals surface area contributed by atoms with Gasteiger partial charge in [0.15, 0.2) is 0 Å². The normalized spacial score (nSPS) is 8.93. The Morgan fingerprint density at radius 1 is 1.50 bits per heavy atom. The monoisotopic (exact) mass is 206 g/mol. The van der Waals surface area contributed by atoms with Crippen molar-refractivity contribution in [2.75, 3.05) is 5.32 Å². The Hall–Kier alpha value is -1.51. The number of benzene rings is 1. The highest BCUT2D eigenvalue weighted by Crippen LogP contribution is 2.09. The Morgan fingerprint density at radius 3 is 2.64 bits per heavy atom. The first kappa shape index (κ1) is 10.6. The standard InChI is InChI=1S/C10H10N2OS/c1-8(13)12-10-4-2-9(3-5-10)6-11-7-14/h2-5H,6H2,1H3,(H,12,13). The van der Waals surface area contributed by atoms with Crippen LogP contribution in [0, 0.1) is 0 Å². The molecule has 3 nitrogen and oxygen atoms in total. The third kappa shape index (κ3) is 3.47. The molecule has 0 radical (unpaired) electrons. The summed E-state index contributed by atoms with van der Waals surface area (Å²) < 4.78 is 0. The lowest BCUT2D eigenvalue weighted by Gasteiger charge is -2.01. The van der Waals surface area contributed by atoms with Gasteiger partial charge in [-0.15, -0.1) is 0 Å². The van der Waals surface area contributed by atoms with Gasteiger partial charge in [-0.25, -0.2) is 4.99 Å². The third-order valence-corrected chi connectivity index (χ3v) is 1.73. The molecule has 14 heavy (non-hydrogen) atoms. The van der Waals surface area contributed by atoms with Crippen molar-refractivity contribution in [1.82, 2.24) is 0 Å². The molecule has 1 rings (SSSR count). The Kier molecular flexibility index (Phi) is 3.98. The Morgan fingerprint density at radius 2 is 2.14 bits per heavy atom. The number of anilines is 1. The molecule has 0 unspecified atom stereocenters. The van der Waals surface area contributed by atoms with Crippen molar-refractivity contribution >= 4 is 29.0 Å². The van der Waals surface area contributed by atoms with E-state index in [1.807, 2.05) is 24.3 Å². The molecule has 0 spiro atoms. The van der Waals surface area contributed by atoms with Crippen molar-refractivity contribution in [2.45, 2.75) is 13.5 Å². The molecule has 72 valence electrons. The van der Waals surface area contributed by atoms with E-state index in [1.165, 1.54) is 6.92 Å². The van der Waals surface area contributed by atoms with Crippen LogP contribution in [0.25, 0.3) is 0 Å². The SMILES string of the molecule is CC(=O)Nc1ccc(CN=C=S)cc1. The van der Waals surface area contributed by atoms with Crippen LogP contribution in [0.5, 0.6) is 0 Å². The number of hydrogen-bond donors (Lipinski definition) is 1. The predicted octanol–water partition coefficient (Wildman–Crippen LogP) is 2.25. The van der Waals surface area contributed by atoms with Crippen molar-refractivity contribution in [1.29, 1.82) is 0 Å². The molecule has 0 aliphatic carbocycles. The molecule has 0 aromatic heterocycles. The molecule has 1 aromatic carbocycles. The van der Waals surface area contributed by atoms with E-state index in [0.717, 1.165) is 11.3 Å². The van der Waals surface area contributed by atoms with Crippen LogP contribution in [0.3, 0.4) is 0 Å². The van der Waals surface area contributed by atoms with Crippen LogP contribution in [0.15, 0.2) is 29.3 Å². The smallest absolute Gasteiger partial charge is 0.221 e. The number of isothiocyanates is 1. The highest BCUT2D eigenvalue weighted by molar-refractivity contribution is 7.78. The zero-order chi connectivity index (χ0) is 10.4. The van der Waals surface area contributed by atoms with Gasteiger partial charge in [-0.2, -0.15) is 0 Å². The molecule has 0 heterocycles. The quantitative estimate of drug-likeness (QED) is 0.608. The van der Waals surface area contributed by atoms with Crippen LogP contribution >= 0.6 is 12.2 Å². The number of rotatable bonds is 3. The molecule has 0 aliphatic heterocycles. The van der Waals surface area contributed by atoms with E-state index in [0.29, 0.717) is 6.54 Å². The van der Waals surface area contributed by atoms with Gasteiger partial charge in [0, 0.05) is 12.6 Å². The number of thiocarbonyl (C=S) groups is 1.